The summed E-state index contributed by atoms with van der Waals surface area (Å²) in [6, 6.07) is 1.96. The van der Waals surface area contributed by atoms with Gasteiger partial charge in [-0.1, -0.05) is 0 Å². The van der Waals surface area contributed by atoms with Crippen molar-refractivity contribution in [2.45, 2.75) is 33.5 Å². The van der Waals surface area contributed by atoms with E-state index in [2.05, 4.69) is 15.3 Å². The van der Waals surface area contributed by atoms with Crippen molar-refractivity contribution in [2.75, 3.05) is 0 Å². The van der Waals surface area contributed by atoms with E-state index in [1.807, 2.05) is 19.2 Å². The lowest BCUT2D eigenvalue weighted by molar-refractivity contribution is 0.278. The molecule has 0 aliphatic heterocycles. The summed E-state index contributed by atoms with van der Waals surface area (Å²) >= 11 is 0. The van der Waals surface area contributed by atoms with Gasteiger partial charge in [0.1, 0.15) is 5.75 Å². The van der Waals surface area contributed by atoms with Crippen LogP contribution in [0, 0.1) is 13.8 Å². The van der Waals surface area contributed by atoms with Crippen molar-refractivity contribution in [3.8, 4) is 5.75 Å². The molecule has 0 aromatic carbocycles. The fourth-order valence-corrected chi connectivity index (χ4v) is 2.02. The van der Waals surface area contributed by atoms with Crippen LogP contribution >= 0.6 is 0 Å². The lowest BCUT2D eigenvalue weighted by atomic mass is 10.1. The molecule has 5 heteroatoms. The fourth-order valence-electron chi connectivity index (χ4n) is 2.02. The van der Waals surface area contributed by atoms with Gasteiger partial charge in [-0.3, -0.25) is 9.97 Å². The van der Waals surface area contributed by atoms with Crippen LogP contribution in [0.5, 0.6) is 5.75 Å². The van der Waals surface area contributed by atoms with Crippen molar-refractivity contribution >= 4 is 0 Å². The Morgan fingerprint density at radius 2 is 1.95 bits per heavy atom. The highest BCUT2D eigenvalue weighted by atomic mass is 16.3. The summed E-state index contributed by atoms with van der Waals surface area (Å²) in [6.45, 7) is 4.77. The number of aromatic hydroxyl groups is 1. The Balaban J connectivity index is 2.08. The second-order valence-corrected chi connectivity index (χ2v) is 4.76. The van der Waals surface area contributed by atoms with E-state index in [0.717, 1.165) is 5.56 Å². The number of aliphatic hydroxyl groups is 1. The van der Waals surface area contributed by atoms with E-state index in [-0.39, 0.29) is 12.4 Å². The molecule has 0 amide bonds. The minimum Gasteiger partial charge on any atom is -0.506 e. The van der Waals surface area contributed by atoms with E-state index in [0.29, 0.717) is 29.9 Å². The smallest absolute Gasteiger partial charge is 0.141 e. The Morgan fingerprint density at radius 1 is 1.15 bits per heavy atom. The van der Waals surface area contributed by atoms with Crippen molar-refractivity contribution in [1.29, 1.82) is 0 Å². The monoisotopic (exact) mass is 273 g/mol. The number of nitrogens with zero attached hydrogens (tertiary/aromatic N) is 2. The standard InChI is InChI=1S/C15H19N3O2/c1-10-3-4-16-5-12(10)6-17-8-14-13(9-19)7-18-11(2)15(14)20/h3-5,7,17,19-20H,6,8-9H2,1-2H3. The molecular formula is C15H19N3O2. The molecule has 0 aliphatic carbocycles. The lowest BCUT2D eigenvalue weighted by Gasteiger charge is -2.13. The summed E-state index contributed by atoms with van der Waals surface area (Å²) in [5.74, 6) is 0.145. The van der Waals surface area contributed by atoms with Crippen LogP contribution in [0.4, 0.5) is 0 Å². The van der Waals surface area contributed by atoms with Crippen molar-refractivity contribution in [2.24, 2.45) is 0 Å². The third-order valence-electron chi connectivity index (χ3n) is 3.37. The number of nitrogens with one attached hydrogen (secondary N) is 1. The Hall–Kier alpha value is -1.98. The first-order valence-electron chi connectivity index (χ1n) is 6.51. The number of hydrogen-bond acceptors (Lipinski definition) is 5. The SMILES string of the molecule is Cc1ccncc1CNCc1c(CO)cnc(C)c1O. The van der Waals surface area contributed by atoms with E-state index >= 15 is 0 Å². The van der Waals surface area contributed by atoms with Crippen molar-refractivity contribution in [3.05, 3.63) is 52.6 Å². The zero-order valence-corrected chi connectivity index (χ0v) is 11.7. The van der Waals surface area contributed by atoms with Gasteiger partial charge in [0, 0.05) is 42.8 Å². The quantitative estimate of drug-likeness (QED) is 0.771. The number of rotatable bonds is 5. The number of pyridine rings is 2. The maximum atomic E-state index is 10.0. The summed E-state index contributed by atoms with van der Waals surface area (Å²) in [7, 11) is 0. The molecule has 0 saturated carbocycles. The molecular weight excluding hydrogens is 254 g/mol. The van der Waals surface area contributed by atoms with Gasteiger partial charge in [-0.2, -0.15) is 0 Å². The van der Waals surface area contributed by atoms with Crippen LogP contribution in [0.25, 0.3) is 0 Å². The first kappa shape index (κ1) is 14.4. The first-order valence-corrected chi connectivity index (χ1v) is 6.51. The molecule has 3 N–H and O–H groups in total. The molecule has 0 radical (unpaired) electrons. The average molecular weight is 273 g/mol. The summed E-state index contributed by atoms with van der Waals surface area (Å²) in [4.78, 5) is 8.14. The van der Waals surface area contributed by atoms with Gasteiger partial charge >= 0.3 is 0 Å². The molecule has 0 aliphatic rings. The Bertz CT molecular complexity index is 600. The number of aliphatic hydroxyl groups excluding tert-OH is 1. The minimum atomic E-state index is -0.135. The molecule has 2 heterocycles. The number of hydrogen-bond donors (Lipinski definition) is 3. The molecule has 5 nitrogen and oxygen atoms in total. The highest BCUT2D eigenvalue weighted by molar-refractivity contribution is 5.40. The molecule has 0 atom stereocenters. The predicted octanol–water partition coefficient (Wildman–Crippen LogP) is 1.58. The Labute approximate surface area is 118 Å². The van der Waals surface area contributed by atoms with Crippen LogP contribution in [0.1, 0.15) is 27.9 Å². The fraction of sp³-hybridized carbons (Fsp3) is 0.333. The topological polar surface area (TPSA) is 78.3 Å². The summed E-state index contributed by atoms with van der Waals surface area (Å²) in [5, 5.41) is 22.6. The molecule has 2 rings (SSSR count). The maximum Gasteiger partial charge on any atom is 0.141 e. The predicted molar refractivity (Wildman–Crippen MR) is 76.1 cm³/mol. The third-order valence-corrected chi connectivity index (χ3v) is 3.37. The molecule has 20 heavy (non-hydrogen) atoms. The summed E-state index contributed by atoms with van der Waals surface area (Å²) in [5.41, 5.74) is 4.19. The van der Waals surface area contributed by atoms with Crippen LogP contribution < -0.4 is 5.32 Å². The van der Waals surface area contributed by atoms with Crippen LogP contribution in [-0.4, -0.2) is 20.2 Å². The Kier molecular flexibility index (Phi) is 4.65. The molecule has 2 aromatic rings. The van der Waals surface area contributed by atoms with Gasteiger partial charge in [-0.25, -0.2) is 0 Å². The first-order chi connectivity index (χ1) is 9.63. The van der Waals surface area contributed by atoms with E-state index in [4.69, 9.17) is 0 Å². The second kappa shape index (κ2) is 6.45. The highest BCUT2D eigenvalue weighted by Crippen LogP contribution is 2.23. The summed E-state index contributed by atoms with van der Waals surface area (Å²) < 4.78 is 0. The van der Waals surface area contributed by atoms with E-state index in [1.54, 1.807) is 19.3 Å². The van der Waals surface area contributed by atoms with Gasteiger partial charge in [0.05, 0.1) is 12.3 Å². The van der Waals surface area contributed by atoms with Gasteiger partial charge in [-0.15, -0.1) is 0 Å². The van der Waals surface area contributed by atoms with Gasteiger partial charge in [0.25, 0.3) is 0 Å². The van der Waals surface area contributed by atoms with Gasteiger partial charge in [0.2, 0.25) is 0 Å². The van der Waals surface area contributed by atoms with E-state index < -0.39 is 0 Å². The zero-order chi connectivity index (χ0) is 14.5. The van der Waals surface area contributed by atoms with E-state index in [9.17, 15) is 10.2 Å². The number of aromatic nitrogens is 2. The van der Waals surface area contributed by atoms with Gasteiger partial charge in [0.15, 0.2) is 0 Å². The molecule has 0 spiro atoms. The van der Waals surface area contributed by atoms with Crippen LogP contribution in [0.3, 0.4) is 0 Å². The molecule has 106 valence electrons. The summed E-state index contributed by atoms with van der Waals surface area (Å²) in [6.07, 6.45) is 5.19. The molecule has 2 aromatic heterocycles. The molecule has 0 fully saturated rings. The van der Waals surface area contributed by atoms with Gasteiger partial charge in [-0.05, 0) is 31.0 Å². The average Bonchev–Trinajstić information content (AvgIpc) is 2.45. The van der Waals surface area contributed by atoms with Crippen LogP contribution in [0.2, 0.25) is 0 Å². The largest absolute Gasteiger partial charge is 0.506 e. The third kappa shape index (κ3) is 3.12. The second-order valence-electron chi connectivity index (χ2n) is 4.76. The van der Waals surface area contributed by atoms with Crippen molar-refractivity contribution in [3.63, 3.8) is 0 Å². The normalized spacial score (nSPS) is 10.8. The molecule has 0 bridgehead atoms. The highest BCUT2D eigenvalue weighted by Gasteiger charge is 2.11. The van der Waals surface area contributed by atoms with Crippen LogP contribution in [0.15, 0.2) is 24.7 Å². The Morgan fingerprint density at radius 3 is 2.65 bits per heavy atom. The lowest BCUT2D eigenvalue weighted by Crippen LogP contribution is -2.15. The maximum absolute atomic E-state index is 10.0. The van der Waals surface area contributed by atoms with Gasteiger partial charge < -0.3 is 15.5 Å². The van der Waals surface area contributed by atoms with Crippen molar-refractivity contribution < 1.29 is 10.2 Å². The van der Waals surface area contributed by atoms with E-state index in [1.165, 1.54) is 5.56 Å². The number of aryl methyl sites for hydroxylation is 2. The minimum absolute atomic E-state index is 0.135. The molecule has 0 saturated heterocycles. The molecule has 0 unspecified atom stereocenters. The zero-order valence-electron chi connectivity index (χ0n) is 11.7. The van der Waals surface area contributed by atoms with Crippen LogP contribution in [-0.2, 0) is 19.7 Å². The van der Waals surface area contributed by atoms with Crippen molar-refractivity contribution in [1.82, 2.24) is 15.3 Å².